The Labute approximate surface area is 85.8 Å². The lowest BCUT2D eigenvalue weighted by Gasteiger charge is -2.23. The highest BCUT2D eigenvalue weighted by molar-refractivity contribution is 5.96. The van der Waals surface area contributed by atoms with Crippen LogP contribution in [0.15, 0.2) is 30.3 Å². The summed E-state index contributed by atoms with van der Waals surface area (Å²) in [6, 6.07) is 9.48. The molecule has 2 heteroatoms. The normalized spacial score (nSPS) is 11.4. The van der Waals surface area contributed by atoms with Crippen LogP contribution in [0.3, 0.4) is 0 Å². The summed E-state index contributed by atoms with van der Waals surface area (Å²) in [6.07, 6.45) is 0.619. The van der Waals surface area contributed by atoms with Crippen LogP contribution in [0, 0.1) is 0 Å². The predicted octanol–water partition coefficient (Wildman–Crippen LogP) is 1.97. The first-order valence-electron chi connectivity index (χ1n) is 4.88. The van der Waals surface area contributed by atoms with Gasteiger partial charge >= 0.3 is 0 Å². The van der Waals surface area contributed by atoms with E-state index in [2.05, 4.69) is 21.1 Å². The highest BCUT2D eigenvalue weighted by Crippen LogP contribution is 2.04. The molecule has 76 valence electrons. The van der Waals surface area contributed by atoms with Crippen LogP contribution in [0.25, 0.3) is 0 Å². The Balaban J connectivity index is 2.52. The van der Waals surface area contributed by atoms with E-state index in [1.165, 1.54) is 0 Å². The largest absolute Gasteiger partial charge is 0.331 e. The molecule has 0 aromatic heterocycles. The monoisotopic (exact) mass is 192 g/mol. The number of carbonyl (C=O) groups excluding carboxylic acids is 1. The zero-order valence-electron chi connectivity index (χ0n) is 9.16. The van der Waals surface area contributed by atoms with Gasteiger partial charge in [-0.1, -0.05) is 30.3 Å². The van der Waals surface area contributed by atoms with E-state index in [9.17, 15) is 4.79 Å². The summed E-state index contributed by atoms with van der Waals surface area (Å²) in [4.78, 5) is 11.7. The van der Waals surface area contributed by atoms with E-state index in [0.717, 1.165) is 16.6 Å². The van der Waals surface area contributed by atoms with Crippen molar-refractivity contribution in [3.05, 3.63) is 35.9 Å². The Kier molecular flexibility index (Phi) is 3.42. The number of benzene rings is 1. The van der Waals surface area contributed by atoms with E-state index in [4.69, 9.17) is 0 Å². The van der Waals surface area contributed by atoms with E-state index in [1.54, 1.807) is 0 Å². The zero-order valence-corrected chi connectivity index (χ0v) is 9.16. The topological polar surface area (TPSA) is 17.1 Å². The minimum atomic E-state index is 0.235. The summed E-state index contributed by atoms with van der Waals surface area (Å²) in [5.74, 6) is 0.235. The van der Waals surface area contributed by atoms with E-state index in [1.807, 2.05) is 30.3 Å². The van der Waals surface area contributed by atoms with Gasteiger partial charge in [-0.05, 0) is 0 Å². The number of rotatable bonds is 4. The van der Waals surface area contributed by atoms with Crippen LogP contribution < -0.4 is 0 Å². The smallest absolute Gasteiger partial charge is 0.168 e. The van der Waals surface area contributed by atoms with Crippen molar-refractivity contribution in [1.82, 2.24) is 0 Å². The molecule has 0 atom stereocenters. The lowest BCUT2D eigenvalue weighted by Crippen LogP contribution is -2.36. The Morgan fingerprint density at radius 1 is 1.14 bits per heavy atom. The molecular formula is C12H18NO+. The third kappa shape index (κ3) is 3.71. The van der Waals surface area contributed by atoms with Crippen molar-refractivity contribution in [2.45, 2.75) is 6.42 Å². The molecule has 0 heterocycles. The number of carbonyl (C=O) groups is 1. The number of quaternary nitrogens is 1. The first kappa shape index (κ1) is 10.9. The van der Waals surface area contributed by atoms with E-state index in [-0.39, 0.29) is 5.78 Å². The number of Topliss-reactive ketones (excluding diaryl/α,β-unsaturated/α-hetero) is 1. The Hall–Kier alpha value is -1.15. The molecule has 1 aromatic rings. The second-order valence-corrected chi connectivity index (χ2v) is 4.55. The van der Waals surface area contributed by atoms with Crippen LogP contribution in [0.5, 0.6) is 0 Å². The van der Waals surface area contributed by atoms with Crippen molar-refractivity contribution < 1.29 is 9.28 Å². The Morgan fingerprint density at radius 2 is 1.71 bits per heavy atom. The van der Waals surface area contributed by atoms with Gasteiger partial charge in [0.25, 0.3) is 0 Å². The predicted molar refractivity (Wildman–Crippen MR) is 58.3 cm³/mol. The molecule has 1 aromatic carbocycles. The summed E-state index contributed by atoms with van der Waals surface area (Å²) in [6.45, 7) is 0.883. The highest BCUT2D eigenvalue weighted by Gasteiger charge is 2.11. The van der Waals surface area contributed by atoms with Gasteiger partial charge in [0.05, 0.1) is 34.1 Å². The molecule has 0 spiro atoms. The Morgan fingerprint density at radius 3 is 2.21 bits per heavy atom. The van der Waals surface area contributed by atoms with Crippen LogP contribution in [0.4, 0.5) is 0 Å². The Bertz CT molecular complexity index is 298. The number of hydrogen-bond donors (Lipinski definition) is 0. The second-order valence-electron chi connectivity index (χ2n) is 4.55. The van der Waals surface area contributed by atoms with Crippen LogP contribution in [-0.4, -0.2) is 38.0 Å². The molecule has 0 N–H and O–H groups in total. The van der Waals surface area contributed by atoms with Crippen molar-refractivity contribution in [2.24, 2.45) is 0 Å². The van der Waals surface area contributed by atoms with Crippen LogP contribution in [0.1, 0.15) is 16.8 Å². The summed E-state index contributed by atoms with van der Waals surface area (Å²) in [7, 11) is 6.29. The molecule has 0 radical (unpaired) electrons. The molecule has 0 aliphatic rings. The van der Waals surface area contributed by atoms with Gasteiger partial charge in [0.2, 0.25) is 0 Å². The van der Waals surface area contributed by atoms with Crippen molar-refractivity contribution in [3.63, 3.8) is 0 Å². The van der Waals surface area contributed by atoms with Gasteiger partial charge in [-0.15, -0.1) is 0 Å². The molecule has 0 saturated carbocycles. The van der Waals surface area contributed by atoms with Gasteiger partial charge in [0, 0.05) is 5.56 Å². The molecule has 0 bridgehead atoms. The van der Waals surface area contributed by atoms with Crippen LogP contribution >= 0.6 is 0 Å². The summed E-state index contributed by atoms with van der Waals surface area (Å²) >= 11 is 0. The van der Waals surface area contributed by atoms with Gasteiger partial charge in [-0.2, -0.15) is 0 Å². The van der Waals surface area contributed by atoms with E-state index >= 15 is 0 Å². The average Bonchev–Trinajstić information content (AvgIpc) is 2.14. The van der Waals surface area contributed by atoms with Crippen LogP contribution in [-0.2, 0) is 0 Å². The highest BCUT2D eigenvalue weighted by atomic mass is 16.1. The first-order valence-corrected chi connectivity index (χ1v) is 4.88. The number of nitrogens with zero attached hydrogens (tertiary/aromatic N) is 1. The van der Waals surface area contributed by atoms with Crippen molar-refractivity contribution in [1.29, 1.82) is 0 Å². The van der Waals surface area contributed by atoms with E-state index in [0.29, 0.717) is 6.42 Å². The molecule has 0 saturated heterocycles. The lowest BCUT2D eigenvalue weighted by molar-refractivity contribution is -0.869. The second kappa shape index (κ2) is 4.38. The third-order valence-electron chi connectivity index (χ3n) is 2.11. The van der Waals surface area contributed by atoms with Crippen molar-refractivity contribution >= 4 is 5.78 Å². The molecule has 1 rings (SSSR count). The molecule has 0 unspecified atom stereocenters. The maximum Gasteiger partial charge on any atom is 0.168 e. The van der Waals surface area contributed by atoms with E-state index < -0.39 is 0 Å². The average molecular weight is 192 g/mol. The molecule has 0 fully saturated rings. The van der Waals surface area contributed by atoms with Gasteiger partial charge in [-0.3, -0.25) is 4.79 Å². The number of ketones is 1. The van der Waals surface area contributed by atoms with Crippen molar-refractivity contribution in [3.8, 4) is 0 Å². The fraction of sp³-hybridized carbons (Fsp3) is 0.417. The quantitative estimate of drug-likeness (QED) is 0.526. The molecular weight excluding hydrogens is 174 g/mol. The standard InChI is InChI=1S/C12H18NO/c1-13(2,3)10-9-12(14)11-7-5-4-6-8-11/h4-8H,9-10H2,1-3H3/q+1. The first-order chi connectivity index (χ1) is 6.49. The minimum absolute atomic E-state index is 0.235. The molecule has 2 nitrogen and oxygen atoms in total. The zero-order chi connectivity index (χ0) is 10.6. The van der Waals surface area contributed by atoms with Crippen LogP contribution in [0.2, 0.25) is 0 Å². The summed E-state index contributed by atoms with van der Waals surface area (Å²) < 4.78 is 0.832. The van der Waals surface area contributed by atoms with Crippen molar-refractivity contribution in [2.75, 3.05) is 27.7 Å². The molecule has 0 amide bonds. The summed E-state index contributed by atoms with van der Waals surface area (Å²) in [5.41, 5.74) is 0.820. The lowest BCUT2D eigenvalue weighted by atomic mass is 10.1. The number of hydrogen-bond acceptors (Lipinski definition) is 1. The van der Waals surface area contributed by atoms with Gasteiger partial charge in [0.15, 0.2) is 5.78 Å². The maximum atomic E-state index is 11.7. The SMILES string of the molecule is C[N+](C)(C)CCC(=O)c1ccccc1. The molecule has 0 aliphatic heterocycles. The maximum absolute atomic E-state index is 11.7. The molecule has 14 heavy (non-hydrogen) atoms. The third-order valence-corrected chi connectivity index (χ3v) is 2.11. The summed E-state index contributed by atoms with van der Waals surface area (Å²) in [5, 5.41) is 0. The van der Waals surface area contributed by atoms with Gasteiger partial charge < -0.3 is 4.48 Å². The molecule has 0 aliphatic carbocycles. The fourth-order valence-corrected chi connectivity index (χ4v) is 1.21. The van der Waals surface area contributed by atoms with Gasteiger partial charge in [-0.25, -0.2) is 0 Å². The fourth-order valence-electron chi connectivity index (χ4n) is 1.21. The van der Waals surface area contributed by atoms with Gasteiger partial charge in [0.1, 0.15) is 0 Å². The minimum Gasteiger partial charge on any atom is -0.331 e.